The summed E-state index contributed by atoms with van der Waals surface area (Å²) in [6, 6.07) is 12.2. The molecule has 1 aromatic carbocycles. The summed E-state index contributed by atoms with van der Waals surface area (Å²) >= 11 is 1.49. The van der Waals surface area contributed by atoms with Gasteiger partial charge in [0.1, 0.15) is 5.76 Å². The number of hydrogen-bond donors (Lipinski definition) is 1. The summed E-state index contributed by atoms with van der Waals surface area (Å²) in [7, 11) is 0. The van der Waals surface area contributed by atoms with Crippen LogP contribution in [0, 0.1) is 0 Å². The maximum absolute atomic E-state index is 12.8. The van der Waals surface area contributed by atoms with E-state index in [-0.39, 0.29) is 11.3 Å². The van der Waals surface area contributed by atoms with Crippen LogP contribution in [-0.4, -0.2) is 52.8 Å². The van der Waals surface area contributed by atoms with Crippen molar-refractivity contribution in [3.63, 3.8) is 0 Å². The predicted octanol–water partition coefficient (Wildman–Crippen LogP) is 3.90. The Kier molecular flexibility index (Phi) is 6.65. The molecule has 0 unspecified atom stereocenters. The van der Waals surface area contributed by atoms with E-state index in [1.165, 1.54) is 11.3 Å². The molecule has 6 heteroatoms. The maximum atomic E-state index is 12.8. The molecule has 1 aliphatic heterocycles. The summed E-state index contributed by atoms with van der Waals surface area (Å²) < 4.78 is 0. The second-order valence-corrected chi connectivity index (χ2v) is 7.73. The fraction of sp³-hybridized carbons (Fsp3) is 0.364. The number of amides is 1. The number of carbonyl (C=O) groups is 2. The van der Waals surface area contributed by atoms with Crippen LogP contribution in [0.1, 0.15) is 36.8 Å². The molecule has 1 aliphatic rings. The van der Waals surface area contributed by atoms with Crippen LogP contribution in [0.25, 0.3) is 5.76 Å². The Balaban J connectivity index is 1.94. The Morgan fingerprint density at radius 2 is 1.82 bits per heavy atom. The number of Topliss-reactive ketones (excluding diaryl/α,β-unsaturated/α-hetero) is 1. The summed E-state index contributed by atoms with van der Waals surface area (Å²) in [6.45, 7) is 7.48. The lowest BCUT2D eigenvalue weighted by atomic mass is 10.00. The smallest absolute Gasteiger partial charge is 0.295 e. The quantitative estimate of drug-likeness (QED) is 0.416. The van der Waals surface area contributed by atoms with Crippen LogP contribution in [0.5, 0.6) is 0 Å². The molecule has 0 spiro atoms. The van der Waals surface area contributed by atoms with E-state index in [0.717, 1.165) is 30.9 Å². The van der Waals surface area contributed by atoms with Crippen LogP contribution in [0.2, 0.25) is 0 Å². The van der Waals surface area contributed by atoms with Crippen LogP contribution in [0.15, 0.2) is 53.4 Å². The molecular formula is C22H26N2O3S. The highest BCUT2D eigenvalue weighted by Crippen LogP contribution is 2.41. The summed E-state index contributed by atoms with van der Waals surface area (Å²) in [4.78, 5) is 30.4. The van der Waals surface area contributed by atoms with Crippen molar-refractivity contribution in [2.45, 2.75) is 26.3 Å². The van der Waals surface area contributed by atoms with E-state index < -0.39 is 17.7 Å². The second-order valence-electron chi connectivity index (χ2n) is 6.75. The van der Waals surface area contributed by atoms with Gasteiger partial charge in [0.05, 0.1) is 11.6 Å². The van der Waals surface area contributed by atoms with Gasteiger partial charge in [-0.2, -0.15) is 0 Å². The van der Waals surface area contributed by atoms with Crippen molar-refractivity contribution in [2.75, 3.05) is 26.2 Å². The fourth-order valence-corrected chi connectivity index (χ4v) is 4.45. The molecule has 0 saturated carbocycles. The van der Waals surface area contributed by atoms with Crippen LogP contribution < -0.4 is 0 Å². The van der Waals surface area contributed by atoms with Crippen molar-refractivity contribution >= 4 is 28.8 Å². The van der Waals surface area contributed by atoms with Crippen LogP contribution in [-0.2, 0) is 9.59 Å². The first-order chi connectivity index (χ1) is 13.6. The highest BCUT2D eigenvalue weighted by Gasteiger charge is 2.46. The van der Waals surface area contributed by atoms with Gasteiger partial charge in [-0.15, -0.1) is 11.3 Å². The molecule has 2 aromatic rings. The predicted molar refractivity (Wildman–Crippen MR) is 112 cm³/mol. The topological polar surface area (TPSA) is 60.9 Å². The first-order valence-corrected chi connectivity index (χ1v) is 10.6. The molecule has 0 aliphatic carbocycles. The minimum absolute atomic E-state index is 0.108. The van der Waals surface area contributed by atoms with Crippen LogP contribution in [0.3, 0.4) is 0 Å². The molecule has 1 atom stereocenters. The van der Waals surface area contributed by atoms with Crippen molar-refractivity contribution in [3.8, 4) is 0 Å². The Hall–Kier alpha value is -2.44. The molecule has 1 aromatic heterocycles. The minimum Gasteiger partial charge on any atom is -0.507 e. The van der Waals surface area contributed by atoms with Crippen molar-refractivity contribution < 1.29 is 14.7 Å². The lowest BCUT2D eigenvalue weighted by Crippen LogP contribution is -2.33. The fourth-order valence-electron chi connectivity index (χ4n) is 3.61. The van der Waals surface area contributed by atoms with E-state index in [1.54, 1.807) is 29.2 Å². The average molecular weight is 399 g/mol. The van der Waals surface area contributed by atoms with Gasteiger partial charge in [-0.25, -0.2) is 0 Å². The molecule has 148 valence electrons. The van der Waals surface area contributed by atoms with Gasteiger partial charge < -0.3 is 14.9 Å². The van der Waals surface area contributed by atoms with E-state index in [9.17, 15) is 14.7 Å². The van der Waals surface area contributed by atoms with E-state index in [0.29, 0.717) is 12.1 Å². The Morgan fingerprint density at radius 3 is 2.43 bits per heavy atom. The number of benzene rings is 1. The van der Waals surface area contributed by atoms with Gasteiger partial charge in [-0.3, -0.25) is 9.59 Å². The van der Waals surface area contributed by atoms with E-state index in [1.807, 2.05) is 23.6 Å². The number of aliphatic hydroxyl groups is 1. The van der Waals surface area contributed by atoms with Gasteiger partial charge in [-0.1, -0.05) is 50.2 Å². The lowest BCUT2D eigenvalue weighted by molar-refractivity contribution is -0.139. The zero-order valence-corrected chi connectivity index (χ0v) is 17.1. The number of carbonyl (C=O) groups excluding carboxylic acids is 2. The summed E-state index contributed by atoms with van der Waals surface area (Å²) in [5.74, 6) is -1.25. The van der Waals surface area contributed by atoms with Gasteiger partial charge in [0.25, 0.3) is 11.7 Å². The van der Waals surface area contributed by atoms with Crippen LogP contribution in [0.4, 0.5) is 0 Å². The Morgan fingerprint density at radius 1 is 1.11 bits per heavy atom. The molecule has 0 radical (unpaired) electrons. The maximum Gasteiger partial charge on any atom is 0.295 e. The molecular weight excluding hydrogens is 372 g/mol. The van der Waals surface area contributed by atoms with Gasteiger partial charge in [0.15, 0.2) is 0 Å². The molecule has 1 amide bonds. The highest BCUT2D eigenvalue weighted by molar-refractivity contribution is 7.10. The highest BCUT2D eigenvalue weighted by atomic mass is 32.1. The van der Waals surface area contributed by atoms with E-state index in [2.05, 4.69) is 18.7 Å². The Bertz CT molecular complexity index is 842. The van der Waals surface area contributed by atoms with Crippen molar-refractivity contribution in [1.82, 2.24) is 9.80 Å². The van der Waals surface area contributed by atoms with Gasteiger partial charge in [0.2, 0.25) is 0 Å². The molecule has 0 bridgehead atoms. The molecule has 28 heavy (non-hydrogen) atoms. The number of aliphatic hydroxyl groups excluding tert-OH is 1. The van der Waals surface area contributed by atoms with Crippen molar-refractivity contribution in [2.24, 2.45) is 0 Å². The number of nitrogens with zero attached hydrogens (tertiary/aromatic N) is 2. The van der Waals surface area contributed by atoms with Gasteiger partial charge >= 0.3 is 0 Å². The number of rotatable bonds is 8. The number of thiophene rings is 1. The largest absolute Gasteiger partial charge is 0.507 e. The number of ketones is 1. The molecule has 1 N–H and O–H groups in total. The number of hydrogen-bond acceptors (Lipinski definition) is 5. The second kappa shape index (κ2) is 9.17. The third-order valence-electron chi connectivity index (χ3n) is 5.17. The standard InChI is InChI=1S/C22H26N2O3S/c1-3-23(4-2)13-9-14-24-19(17-12-8-15-28-17)18(21(26)22(24)27)20(25)16-10-6-5-7-11-16/h5-8,10-12,15,19,25H,3-4,9,13-14H2,1-2H3/b20-18+/t19-/m1/s1. The Labute approximate surface area is 169 Å². The van der Waals surface area contributed by atoms with Gasteiger partial charge in [-0.05, 0) is 37.5 Å². The minimum atomic E-state index is -0.609. The zero-order chi connectivity index (χ0) is 20.1. The van der Waals surface area contributed by atoms with Crippen LogP contribution >= 0.6 is 11.3 Å². The summed E-state index contributed by atoms with van der Waals surface area (Å²) in [5, 5.41) is 12.8. The third-order valence-corrected chi connectivity index (χ3v) is 6.09. The molecule has 2 heterocycles. The molecule has 3 rings (SSSR count). The SMILES string of the molecule is CCN(CC)CCCN1C(=O)C(=O)/C(=C(/O)c2ccccc2)[C@H]1c1cccs1. The number of likely N-dealkylation sites (tertiary alicyclic amines) is 1. The molecule has 1 fully saturated rings. The first kappa shape index (κ1) is 20.3. The third kappa shape index (κ3) is 4.03. The molecule has 5 nitrogen and oxygen atoms in total. The van der Waals surface area contributed by atoms with E-state index >= 15 is 0 Å². The van der Waals surface area contributed by atoms with E-state index in [4.69, 9.17) is 0 Å². The zero-order valence-electron chi connectivity index (χ0n) is 16.3. The summed E-state index contributed by atoms with van der Waals surface area (Å²) in [5.41, 5.74) is 0.728. The van der Waals surface area contributed by atoms with Gasteiger partial charge in [0, 0.05) is 17.0 Å². The average Bonchev–Trinajstić information content (AvgIpc) is 3.33. The normalized spacial score (nSPS) is 19.0. The monoisotopic (exact) mass is 398 g/mol. The summed E-state index contributed by atoms with van der Waals surface area (Å²) in [6.07, 6.45) is 0.780. The lowest BCUT2D eigenvalue weighted by Gasteiger charge is -2.25. The first-order valence-electron chi connectivity index (χ1n) is 9.68. The van der Waals surface area contributed by atoms with Crippen molar-refractivity contribution in [1.29, 1.82) is 0 Å². The molecule has 1 saturated heterocycles. The van der Waals surface area contributed by atoms with Crippen molar-refractivity contribution in [3.05, 3.63) is 63.9 Å².